The predicted octanol–water partition coefficient (Wildman–Crippen LogP) is 1.10. The molecule has 0 unspecified atom stereocenters. The van der Waals surface area contributed by atoms with Crippen LogP contribution >= 0.6 is 0 Å². The molecular formula is C4H4F2O2. The van der Waals surface area contributed by atoms with Crippen LogP contribution in [0.4, 0.5) is 8.78 Å². The molecule has 0 atom stereocenters. The molecule has 4 heteroatoms. The van der Waals surface area contributed by atoms with Crippen molar-refractivity contribution in [3.63, 3.8) is 0 Å². The molecule has 0 aromatic heterocycles. The van der Waals surface area contributed by atoms with Gasteiger partial charge in [-0.3, -0.25) is 0 Å². The maximum Gasteiger partial charge on any atom is 0.311 e. The number of rotatable bonds is 1. The summed E-state index contributed by atoms with van der Waals surface area (Å²) >= 11 is 0. The average Bonchev–Trinajstić information content (AvgIpc) is 2.12. The topological polar surface area (TPSA) is 18.5 Å². The second-order valence-electron chi connectivity index (χ2n) is 1.25. The Bertz CT molecular complexity index is 94.2. The van der Waals surface area contributed by atoms with Crippen molar-refractivity contribution in [1.82, 2.24) is 0 Å². The lowest BCUT2D eigenvalue weighted by Gasteiger charge is -2.06. The largest absolute Gasteiger partial charge is 0.454 e. The normalized spacial score (nSPS) is 18.9. The van der Waals surface area contributed by atoms with Gasteiger partial charge in [-0.05, 0) is 0 Å². The molecule has 0 amide bonds. The SMILES string of the molecule is FC(F)C1OC=CO1. The van der Waals surface area contributed by atoms with Gasteiger partial charge < -0.3 is 9.47 Å². The maximum absolute atomic E-state index is 11.4. The lowest BCUT2D eigenvalue weighted by molar-refractivity contribution is -0.123. The lowest BCUT2D eigenvalue weighted by atomic mass is 10.7. The van der Waals surface area contributed by atoms with E-state index in [2.05, 4.69) is 9.47 Å². The Kier molecular flexibility index (Phi) is 1.32. The van der Waals surface area contributed by atoms with Gasteiger partial charge in [0.05, 0.1) is 0 Å². The molecule has 1 rings (SSSR count). The highest BCUT2D eigenvalue weighted by Gasteiger charge is 2.23. The quantitative estimate of drug-likeness (QED) is 0.518. The Balaban J connectivity index is 2.29. The lowest BCUT2D eigenvalue weighted by Crippen LogP contribution is -2.17. The zero-order valence-electron chi connectivity index (χ0n) is 3.88. The van der Waals surface area contributed by atoms with E-state index in [1.807, 2.05) is 0 Å². The van der Waals surface area contributed by atoms with E-state index in [4.69, 9.17) is 0 Å². The first-order chi connectivity index (χ1) is 3.80. The van der Waals surface area contributed by atoms with Crippen LogP contribution < -0.4 is 0 Å². The molecule has 0 aromatic carbocycles. The van der Waals surface area contributed by atoms with Crippen molar-refractivity contribution in [3.05, 3.63) is 12.5 Å². The van der Waals surface area contributed by atoms with Crippen LogP contribution in [0.3, 0.4) is 0 Å². The van der Waals surface area contributed by atoms with Crippen molar-refractivity contribution in [1.29, 1.82) is 0 Å². The van der Waals surface area contributed by atoms with Crippen LogP contribution in [0.1, 0.15) is 0 Å². The van der Waals surface area contributed by atoms with Gasteiger partial charge in [0.15, 0.2) is 0 Å². The zero-order valence-corrected chi connectivity index (χ0v) is 3.88. The van der Waals surface area contributed by atoms with Gasteiger partial charge in [-0.2, -0.15) is 0 Å². The second-order valence-corrected chi connectivity index (χ2v) is 1.25. The van der Waals surface area contributed by atoms with Crippen LogP contribution in [-0.4, -0.2) is 12.7 Å². The summed E-state index contributed by atoms with van der Waals surface area (Å²) in [4.78, 5) is 0. The van der Waals surface area contributed by atoms with Crippen molar-refractivity contribution < 1.29 is 18.3 Å². The summed E-state index contributed by atoms with van der Waals surface area (Å²) in [7, 11) is 0. The monoisotopic (exact) mass is 122 g/mol. The summed E-state index contributed by atoms with van der Waals surface area (Å²) < 4.78 is 31.4. The Morgan fingerprint density at radius 3 is 2.00 bits per heavy atom. The number of halogens is 2. The number of hydrogen-bond donors (Lipinski definition) is 0. The minimum atomic E-state index is -2.56. The molecule has 0 fully saturated rings. The smallest absolute Gasteiger partial charge is 0.311 e. The maximum atomic E-state index is 11.4. The molecule has 0 saturated carbocycles. The van der Waals surface area contributed by atoms with Crippen molar-refractivity contribution in [2.45, 2.75) is 12.7 Å². The van der Waals surface area contributed by atoms with E-state index in [9.17, 15) is 8.78 Å². The van der Waals surface area contributed by atoms with E-state index in [1.165, 1.54) is 0 Å². The first-order valence-corrected chi connectivity index (χ1v) is 2.05. The molecule has 0 spiro atoms. The van der Waals surface area contributed by atoms with E-state index in [0.717, 1.165) is 12.5 Å². The molecule has 8 heavy (non-hydrogen) atoms. The minimum Gasteiger partial charge on any atom is -0.454 e. The van der Waals surface area contributed by atoms with E-state index >= 15 is 0 Å². The Hall–Kier alpha value is -0.800. The predicted molar refractivity (Wildman–Crippen MR) is 21.1 cm³/mol. The van der Waals surface area contributed by atoms with E-state index < -0.39 is 12.7 Å². The Labute approximate surface area is 44.7 Å². The molecule has 0 aromatic rings. The van der Waals surface area contributed by atoms with Gasteiger partial charge in [-0.15, -0.1) is 0 Å². The molecule has 0 bridgehead atoms. The molecule has 0 radical (unpaired) electrons. The van der Waals surface area contributed by atoms with Gasteiger partial charge in [0.1, 0.15) is 12.5 Å². The van der Waals surface area contributed by atoms with Gasteiger partial charge >= 0.3 is 12.7 Å². The molecule has 1 aliphatic heterocycles. The Morgan fingerprint density at radius 1 is 1.25 bits per heavy atom. The van der Waals surface area contributed by atoms with Crippen LogP contribution in [-0.2, 0) is 9.47 Å². The van der Waals surface area contributed by atoms with Crippen LogP contribution in [0, 0.1) is 0 Å². The fraction of sp³-hybridized carbons (Fsp3) is 0.500. The Morgan fingerprint density at radius 2 is 1.75 bits per heavy atom. The van der Waals surface area contributed by atoms with Crippen LogP contribution in [0.15, 0.2) is 12.5 Å². The van der Waals surface area contributed by atoms with E-state index in [1.54, 1.807) is 0 Å². The highest BCUT2D eigenvalue weighted by Crippen LogP contribution is 2.12. The van der Waals surface area contributed by atoms with Gasteiger partial charge in [0, 0.05) is 0 Å². The summed E-state index contributed by atoms with van der Waals surface area (Å²) in [6.07, 6.45) is -1.76. The number of alkyl halides is 2. The first kappa shape index (κ1) is 5.34. The number of ether oxygens (including phenoxy) is 2. The average molecular weight is 122 g/mol. The molecule has 46 valence electrons. The minimum absolute atomic E-state index is 1.09. The van der Waals surface area contributed by atoms with Gasteiger partial charge in [-0.1, -0.05) is 0 Å². The molecule has 0 aliphatic carbocycles. The summed E-state index contributed by atoms with van der Waals surface area (Å²) in [6.45, 7) is 0. The molecule has 1 aliphatic rings. The van der Waals surface area contributed by atoms with Crippen molar-refractivity contribution in [2.75, 3.05) is 0 Å². The zero-order chi connectivity index (χ0) is 5.98. The van der Waals surface area contributed by atoms with Crippen molar-refractivity contribution in [2.24, 2.45) is 0 Å². The summed E-state index contributed by atoms with van der Waals surface area (Å²) in [5, 5.41) is 0. The fourth-order valence-corrected chi connectivity index (χ4v) is 0.370. The third-order valence-electron chi connectivity index (χ3n) is 0.687. The van der Waals surface area contributed by atoms with E-state index in [-0.39, 0.29) is 0 Å². The number of hydrogen-bond acceptors (Lipinski definition) is 2. The van der Waals surface area contributed by atoms with Crippen LogP contribution in [0.2, 0.25) is 0 Å². The summed E-state index contributed by atoms with van der Waals surface area (Å²) in [5.41, 5.74) is 0. The van der Waals surface area contributed by atoms with Gasteiger partial charge in [-0.25, -0.2) is 8.78 Å². The van der Waals surface area contributed by atoms with E-state index in [0.29, 0.717) is 0 Å². The van der Waals surface area contributed by atoms with Crippen LogP contribution in [0.5, 0.6) is 0 Å². The highest BCUT2D eigenvalue weighted by molar-refractivity contribution is 4.71. The fourth-order valence-electron chi connectivity index (χ4n) is 0.370. The third kappa shape index (κ3) is 0.882. The standard InChI is InChI=1S/C4H4F2O2/c5-3(6)4-7-1-2-8-4/h1-4H. The molecule has 1 heterocycles. The molecule has 2 nitrogen and oxygen atoms in total. The summed E-state index contributed by atoms with van der Waals surface area (Å²) in [6, 6.07) is 0. The van der Waals surface area contributed by atoms with Gasteiger partial charge in [0.2, 0.25) is 0 Å². The summed E-state index contributed by atoms with van der Waals surface area (Å²) in [5.74, 6) is 0. The first-order valence-electron chi connectivity index (χ1n) is 2.05. The van der Waals surface area contributed by atoms with Gasteiger partial charge in [0.25, 0.3) is 0 Å². The van der Waals surface area contributed by atoms with Crippen molar-refractivity contribution >= 4 is 0 Å². The third-order valence-corrected chi connectivity index (χ3v) is 0.687. The van der Waals surface area contributed by atoms with Crippen LogP contribution in [0.25, 0.3) is 0 Å². The second kappa shape index (κ2) is 1.98. The van der Waals surface area contributed by atoms with Crippen molar-refractivity contribution in [3.8, 4) is 0 Å². The molecule has 0 N–H and O–H groups in total. The molecule has 0 saturated heterocycles. The highest BCUT2D eigenvalue weighted by atomic mass is 19.3. The molecular weight excluding hydrogens is 118 g/mol.